The fraction of sp³-hybridized carbons (Fsp3) is 0.286. The van der Waals surface area contributed by atoms with Crippen LogP contribution in [-0.4, -0.2) is 35.8 Å². The molecule has 1 aromatic heterocycles. The maximum Gasteiger partial charge on any atom is 0.337 e. The number of nitrogens with zero attached hydrogens (tertiary/aromatic N) is 1. The predicted molar refractivity (Wildman–Crippen MR) is 73.7 cm³/mol. The Morgan fingerprint density at radius 1 is 1.37 bits per heavy atom. The van der Waals surface area contributed by atoms with Crippen LogP contribution in [0.2, 0.25) is 0 Å². The van der Waals surface area contributed by atoms with Gasteiger partial charge in [-0.15, -0.1) is 0 Å². The van der Waals surface area contributed by atoms with E-state index in [1.807, 2.05) is 25.1 Å². The Balaban J connectivity index is 2.30. The second-order valence-electron chi connectivity index (χ2n) is 3.99. The smallest absolute Gasteiger partial charge is 0.337 e. The average Bonchev–Trinajstić information content (AvgIpc) is 2.43. The summed E-state index contributed by atoms with van der Waals surface area (Å²) in [5.74, 6) is -0.287. The standard InChI is InChI=1S/C14H16N2O3/c1-2-19-8-7-15-13-11-6-4-3-5-10(11)12(9-16-13)14(17)18/h3-6,9H,2,7-8H2,1H3,(H,15,16)(H,17,18). The molecule has 0 aliphatic rings. The lowest BCUT2D eigenvalue weighted by atomic mass is 10.1. The molecule has 5 nitrogen and oxygen atoms in total. The van der Waals surface area contributed by atoms with Crippen LogP contribution in [0.25, 0.3) is 10.8 Å². The van der Waals surface area contributed by atoms with Gasteiger partial charge in [-0.1, -0.05) is 24.3 Å². The zero-order chi connectivity index (χ0) is 13.7. The number of pyridine rings is 1. The third kappa shape index (κ3) is 3.00. The molecule has 0 fully saturated rings. The van der Waals surface area contributed by atoms with E-state index in [2.05, 4.69) is 10.3 Å². The number of hydrogen-bond donors (Lipinski definition) is 2. The fourth-order valence-corrected chi connectivity index (χ4v) is 1.89. The molecule has 0 spiro atoms. The molecule has 1 heterocycles. The van der Waals surface area contributed by atoms with Gasteiger partial charge in [0.25, 0.3) is 0 Å². The number of aromatic carboxylic acids is 1. The second kappa shape index (κ2) is 6.15. The average molecular weight is 260 g/mol. The van der Waals surface area contributed by atoms with E-state index in [1.165, 1.54) is 6.20 Å². The molecule has 100 valence electrons. The fourth-order valence-electron chi connectivity index (χ4n) is 1.89. The van der Waals surface area contributed by atoms with Gasteiger partial charge in [0.1, 0.15) is 5.82 Å². The molecule has 0 atom stereocenters. The summed E-state index contributed by atoms with van der Waals surface area (Å²) in [6.07, 6.45) is 1.38. The molecule has 2 rings (SSSR count). The number of hydrogen-bond acceptors (Lipinski definition) is 4. The van der Waals surface area contributed by atoms with E-state index in [0.29, 0.717) is 31.0 Å². The first kappa shape index (κ1) is 13.3. The normalized spacial score (nSPS) is 10.6. The van der Waals surface area contributed by atoms with Gasteiger partial charge >= 0.3 is 5.97 Å². The molecule has 0 saturated heterocycles. The highest BCUT2D eigenvalue weighted by Crippen LogP contribution is 2.24. The lowest BCUT2D eigenvalue weighted by Gasteiger charge is -2.10. The number of carboxylic acid groups (broad SMARTS) is 1. The van der Waals surface area contributed by atoms with E-state index < -0.39 is 5.97 Å². The highest BCUT2D eigenvalue weighted by atomic mass is 16.5. The molecule has 0 radical (unpaired) electrons. The number of anilines is 1. The van der Waals surface area contributed by atoms with Gasteiger partial charge in [-0.25, -0.2) is 9.78 Å². The van der Waals surface area contributed by atoms with Gasteiger partial charge in [0, 0.05) is 30.1 Å². The van der Waals surface area contributed by atoms with Crippen molar-refractivity contribution in [2.24, 2.45) is 0 Å². The van der Waals surface area contributed by atoms with E-state index in [4.69, 9.17) is 9.84 Å². The lowest BCUT2D eigenvalue weighted by Crippen LogP contribution is -2.11. The monoisotopic (exact) mass is 260 g/mol. The molecular weight excluding hydrogens is 244 g/mol. The van der Waals surface area contributed by atoms with E-state index in [0.717, 1.165) is 5.39 Å². The van der Waals surface area contributed by atoms with Crippen molar-refractivity contribution in [3.05, 3.63) is 36.0 Å². The van der Waals surface area contributed by atoms with Crippen molar-refractivity contribution in [2.75, 3.05) is 25.1 Å². The first-order valence-electron chi connectivity index (χ1n) is 6.16. The van der Waals surface area contributed by atoms with Crippen LogP contribution < -0.4 is 5.32 Å². The number of carboxylic acids is 1. The molecule has 0 aliphatic heterocycles. The molecule has 5 heteroatoms. The summed E-state index contributed by atoms with van der Waals surface area (Å²) in [5.41, 5.74) is 0.214. The lowest BCUT2D eigenvalue weighted by molar-refractivity contribution is 0.0698. The molecular formula is C14H16N2O3. The Kier molecular flexibility index (Phi) is 4.30. The Hall–Kier alpha value is -2.14. The Morgan fingerprint density at radius 3 is 2.79 bits per heavy atom. The maximum absolute atomic E-state index is 11.1. The van der Waals surface area contributed by atoms with Gasteiger partial charge in [0.2, 0.25) is 0 Å². The van der Waals surface area contributed by atoms with Crippen molar-refractivity contribution >= 4 is 22.6 Å². The van der Waals surface area contributed by atoms with Crippen LogP contribution in [0.3, 0.4) is 0 Å². The number of ether oxygens (including phenoxy) is 1. The molecule has 0 aliphatic carbocycles. The molecule has 0 amide bonds. The van der Waals surface area contributed by atoms with Crippen molar-refractivity contribution < 1.29 is 14.6 Å². The number of nitrogens with one attached hydrogen (secondary N) is 1. The first-order valence-corrected chi connectivity index (χ1v) is 6.16. The van der Waals surface area contributed by atoms with Crippen LogP contribution in [0.1, 0.15) is 17.3 Å². The van der Waals surface area contributed by atoms with Gasteiger partial charge in [0.05, 0.1) is 12.2 Å². The quantitative estimate of drug-likeness (QED) is 0.780. The van der Waals surface area contributed by atoms with Gasteiger partial charge in [0.15, 0.2) is 0 Å². The van der Waals surface area contributed by atoms with E-state index in [1.54, 1.807) is 6.07 Å². The van der Waals surface area contributed by atoms with Gasteiger partial charge < -0.3 is 15.2 Å². The zero-order valence-electron chi connectivity index (χ0n) is 10.7. The van der Waals surface area contributed by atoms with Crippen molar-refractivity contribution in [1.29, 1.82) is 0 Å². The van der Waals surface area contributed by atoms with Crippen LogP contribution >= 0.6 is 0 Å². The van der Waals surface area contributed by atoms with Crippen molar-refractivity contribution in [1.82, 2.24) is 4.98 Å². The highest BCUT2D eigenvalue weighted by molar-refractivity contribution is 6.06. The van der Waals surface area contributed by atoms with Crippen LogP contribution in [-0.2, 0) is 4.74 Å². The molecule has 19 heavy (non-hydrogen) atoms. The van der Waals surface area contributed by atoms with E-state index >= 15 is 0 Å². The summed E-state index contributed by atoms with van der Waals surface area (Å²) < 4.78 is 5.24. The van der Waals surface area contributed by atoms with Crippen molar-refractivity contribution in [3.8, 4) is 0 Å². The molecule has 2 aromatic rings. The first-order chi connectivity index (χ1) is 9.24. The van der Waals surface area contributed by atoms with Gasteiger partial charge in [-0.3, -0.25) is 0 Å². The molecule has 1 aromatic carbocycles. The summed E-state index contributed by atoms with van der Waals surface area (Å²) in [6, 6.07) is 7.33. The second-order valence-corrected chi connectivity index (χ2v) is 3.99. The largest absolute Gasteiger partial charge is 0.478 e. The third-order valence-electron chi connectivity index (χ3n) is 2.77. The van der Waals surface area contributed by atoms with Crippen LogP contribution in [0.15, 0.2) is 30.5 Å². The minimum atomic E-state index is -0.968. The minimum Gasteiger partial charge on any atom is -0.478 e. The van der Waals surface area contributed by atoms with Crippen LogP contribution in [0.4, 0.5) is 5.82 Å². The summed E-state index contributed by atoms with van der Waals surface area (Å²) in [4.78, 5) is 15.3. The molecule has 0 saturated carbocycles. The van der Waals surface area contributed by atoms with Gasteiger partial charge in [-0.05, 0) is 6.92 Å². The van der Waals surface area contributed by atoms with E-state index in [-0.39, 0.29) is 5.56 Å². The molecule has 2 N–H and O–H groups in total. The van der Waals surface area contributed by atoms with Crippen LogP contribution in [0.5, 0.6) is 0 Å². The Bertz CT molecular complexity index is 584. The predicted octanol–water partition coefficient (Wildman–Crippen LogP) is 2.38. The minimum absolute atomic E-state index is 0.214. The summed E-state index contributed by atoms with van der Waals surface area (Å²) >= 11 is 0. The number of fused-ring (bicyclic) bond motifs is 1. The van der Waals surface area contributed by atoms with Gasteiger partial charge in [-0.2, -0.15) is 0 Å². The summed E-state index contributed by atoms with van der Waals surface area (Å²) in [6.45, 7) is 3.84. The van der Waals surface area contributed by atoms with Crippen molar-refractivity contribution in [2.45, 2.75) is 6.92 Å². The molecule has 0 unspecified atom stereocenters. The Labute approximate surface area is 111 Å². The van der Waals surface area contributed by atoms with Crippen molar-refractivity contribution in [3.63, 3.8) is 0 Å². The summed E-state index contributed by atoms with van der Waals surface area (Å²) in [7, 11) is 0. The molecule has 0 bridgehead atoms. The van der Waals surface area contributed by atoms with Crippen LogP contribution in [0, 0.1) is 0 Å². The maximum atomic E-state index is 11.1. The highest BCUT2D eigenvalue weighted by Gasteiger charge is 2.11. The Morgan fingerprint density at radius 2 is 2.11 bits per heavy atom. The topological polar surface area (TPSA) is 71.5 Å². The number of benzene rings is 1. The number of carbonyl (C=O) groups is 1. The number of aromatic nitrogens is 1. The number of rotatable bonds is 6. The summed E-state index contributed by atoms with van der Waals surface area (Å²) in [5, 5.41) is 13.8. The third-order valence-corrected chi connectivity index (χ3v) is 2.77. The zero-order valence-corrected chi connectivity index (χ0v) is 10.7. The SMILES string of the molecule is CCOCCNc1ncc(C(=O)O)c2ccccc12. The van der Waals surface area contributed by atoms with E-state index in [9.17, 15) is 4.79 Å².